The molecule has 0 unspecified atom stereocenters. The number of aromatic nitrogens is 2. The molecule has 23 heavy (non-hydrogen) atoms. The van der Waals surface area contributed by atoms with Gasteiger partial charge in [0.15, 0.2) is 0 Å². The van der Waals surface area contributed by atoms with Crippen molar-refractivity contribution in [1.82, 2.24) is 14.9 Å². The van der Waals surface area contributed by atoms with E-state index >= 15 is 0 Å². The van der Waals surface area contributed by atoms with Crippen molar-refractivity contribution in [1.29, 1.82) is 0 Å². The molecule has 116 valence electrons. The van der Waals surface area contributed by atoms with Gasteiger partial charge in [-0.05, 0) is 36.2 Å². The lowest BCUT2D eigenvalue weighted by Gasteiger charge is -2.05. The number of nitrogens with one attached hydrogen (secondary N) is 1. The highest BCUT2D eigenvalue weighted by molar-refractivity contribution is 9.10. The number of halogens is 1. The molecule has 2 aromatic carbocycles. The third kappa shape index (κ3) is 3.83. The largest absolute Gasteiger partial charge is 0.347 e. The number of aryl methyl sites for hydroxylation is 1. The van der Waals surface area contributed by atoms with Crippen molar-refractivity contribution < 1.29 is 4.79 Å². The summed E-state index contributed by atoms with van der Waals surface area (Å²) in [5.41, 5.74) is 3.75. The maximum absolute atomic E-state index is 12.4. The standard InChI is InChI=1S/C17H14BrN3OS/c1-11-2-4-12(5-3-11)10-19-17(22)16-15(20-21-23-16)13-6-8-14(18)9-7-13/h2-9H,10H2,1H3,(H,19,22). The van der Waals surface area contributed by atoms with E-state index in [4.69, 9.17) is 0 Å². The first-order chi connectivity index (χ1) is 11.1. The number of carbonyl (C=O) groups is 1. The molecule has 1 amide bonds. The van der Waals surface area contributed by atoms with Gasteiger partial charge in [-0.3, -0.25) is 4.79 Å². The highest BCUT2D eigenvalue weighted by Crippen LogP contribution is 2.25. The third-order valence-electron chi connectivity index (χ3n) is 3.39. The van der Waals surface area contributed by atoms with Gasteiger partial charge in [0, 0.05) is 16.6 Å². The van der Waals surface area contributed by atoms with Gasteiger partial charge >= 0.3 is 0 Å². The van der Waals surface area contributed by atoms with Crippen LogP contribution in [-0.4, -0.2) is 15.5 Å². The number of nitrogens with zero attached hydrogens (tertiary/aromatic N) is 2. The summed E-state index contributed by atoms with van der Waals surface area (Å²) in [7, 11) is 0. The van der Waals surface area contributed by atoms with Gasteiger partial charge in [0.1, 0.15) is 10.6 Å². The van der Waals surface area contributed by atoms with Gasteiger partial charge in [-0.2, -0.15) is 0 Å². The molecule has 0 radical (unpaired) electrons. The molecule has 4 nitrogen and oxygen atoms in total. The summed E-state index contributed by atoms with van der Waals surface area (Å²) in [6.45, 7) is 2.52. The van der Waals surface area contributed by atoms with Crippen molar-refractivity contribution in [2.45, 2.75) is 13.5 Å². The first-order valence-electron chi connectivity index (χ1n) is 7.05. The Morgan fingerprint density at radius 1 is 1.13 bits per heavy atom. The summed E-state index contributed by atoms with van der Waals surface area (Å²) >= 11 is 4.51. The average Bonchev–Trinajstić information content (AvgIpc) is 3.04. The molecule has 0 aliphatic carbocycles. The predicted molar refractivity (Wildman–Crippen MR) is 95.4 cm³/mol. The van der Waals surface area contributed by atoms with E-state index in [1.807, 2.05) is 55.5 Å². The van der Waals surface area contributed by atoms with Gasteiger partial charge in [-0.15, -0.1) is 5.10 Å². The highest BCUT2D eigenvalue weighted by atomic mass is 79.9. The summed E-state index contributed by atoms with van der Waals surface area (Å²) in [6.07, 6.45) is 0. The van der Waals surface area contributed by atoms with Crippen molar-refractivity contribution >= 4 is 33.4 Å². The third-order valence-corrected chi connectivity index (χ3v) is 4.64. The maximum Gasteiger partial charge on any atom is 0.265 e. The molecule has 0 saturated heterocycles. The quantitative estimate of drug-likeness (QED) is 0.729. The Balaban J connectivity index is 1.74. The number of rotatable bonds is 4. The van der Waals surface area contributed by atoms with Crippen LogP contribution >= 0.6 is 27.5 Å². The Kier molecular flexibility index (Phi) is 4.83. The zero-order valence-corrected chi connectivity index (χ0v) is 14.8. The number of amides is 1. The van der Waals surface area contributed by atoms with E-state index < -0.39 is 0 Å². The molecule has 0 bridgehead atoms. The monoisotopic (exact) mass is 387 g/mol. The molecule has 1 aromatic heterocycles. The Labute approximate surface area is 146 Å². The Morgan fingerprint density at radius 2 is 1.83 bits per heavy atom. The molecule has 0 aliphatic rings. The molecule has 0 aliphatic heterocycles. The summed E-state index contributed by atoms with van der Waals surface area (Å²) < 4.78 is 4.91. The van der Waals surface area contributed by atoms with Crippen molar-refractivity contribution in [3.8, 4) is 11.3 Å². The summed E-state index contributed by atoms with van der Waals surface area (Å²) in [6, 6.07) is 15.7. The van der Waals surface area contributed by atoms with Crippen LogP contribution in [0.4, 0.5) is 0 Å². The minimum Gasteiger partial charge on any atom is -0.347 e. The average molecular weight is 388 g/mol. The highest BCUT2D eigenvalue weighted by Gasteiger charge is 2.17. The first-order valence-corrected chi connectivity index (χ1v) is 8.62. The van der Waals surface area contributed by atoms with E-state index in [-0.39, 0.29) is 5.91 Å². The molecule has 1 N–H and O–H groups in total. The second-order valence-corrected chi connectivity index (χ2v) is 6.80. The number of carbonyl (C=O) groups excluding carboxylic acids is 1. The second kappa shape index (κ2) is 7.02. The molecule has 1 heterocycles. The maximum atomic E-state index is 12.4. The summed E-state index contributed by atoms with van der Waals surface area (Å²) in [5, 5.41) is 7.02. The van der Waals surface area contributed by atoms with Crippen LogP contribution in [0.2, 0.25) is 0 Å². The van der Waals surface area contributed by atoms with E-state index in [1.54, 1.807) is 0 Å². The van der Waals surface area contributed by atoms with Crippen LogP contribution in [0.25, 0.3) is 11.3 Å². The van der Waals surface area contributed by atoms with Crippen LogP contribution in [-0.2, 0) is 6.54 Å². The second-order valence-electron chi connectivity index (χ2n) is 5.13. The Hall–Kier alpha value is -2.05. The van der Waals surface area contributed by atoms with Crippen LogP contribution in [0, 0.1) is 6.92 Å². The van der Waals surface area contributed by atoms with Gasteiger partial charge in [0.2, 0.25) is 0 Å². The van der Waals surface area contributed by atoms with E-state index in [2.05, 4.69) is 30.8 Å². The van der Waals surface area contributed by atoms with Gasteiger partial charge in [0.25, 0.3) is 5.91 Å². The molecule has 0 saturated carbocycles. The van der Waals surface area contributed by atoms with Gasteiger partial charge in [-0.25, -0.2) is 0 Å². The zero-order chi connectivity index (χ0) is 16.2. The number of hydrogen-bond donors (Lipinski definition) is 1. The van der Waals surface area contributed by atoms with E-state index in [0.29, 0.717) is 17.1 Å². The molecule has 3 aromatic rings. The normalized spacial score (nSPS) is 10.5. The molecule has 0 atom stereocenters. The Morgan fingerprint density at radius 3 is 2.52 bits per heavy atom. The van der Waals surface area contributed by atoms with Gasteiger partial charge < -0.3 is 5.32 Å². The lowest BCUT2D eigenvalue weighted by atomic mass is 10.1. The van der Waals surface area contributed by atoms with Crippen LogP contribution in [0.5, 0.6) is 0 Å². The van der Waals surface area contributed by atoms with E-state index in [9.17, 15) is 4.79 Å². The minimum atomic E-state index is -0.154. The molecule has 0 fully saturated rings. The van der Waals surface area contributed by atoms with Crippen molar-refractivity contribution in [2.75, 3.05) is 0 Å². The van der Waals surface area contributed by atoms with Crippen LogP contribution in [0.3, 0.4) is 0 Å². The fraction of sp³-hybridized carbons (Fsp3) is 0.118. The molecule has 6 heteroatoms. The fourth-order valence-electron chi connectivity index (χ4n) is 2.10. The lowest BCUT2D eigenvalue weighted by molar-refractivity contribution is 0.0955. The number of benzene rings is 2. The summed E-state index contributed by atoms with van der Waals surface area (Å²) in [5.74, 6) is -0.154. The number of hydrogen-bond acceptors (Lipinski definition) is 4. The minimum absolute atomic E-state index is 0.154. The van der Waals surface area contributed by atoms with Crippen molar-refractivity contribution in [3.63, 3.8) is 0 Å². The van der Waals surface area contributed by atoms with Crippen molar-refractivity contribution in [3.05, 3.63) is 69.0 Å². The van der Waals surface area contributed by atoms with Crippen molar-refractivity contribution in [2.24, 2.45) is 0 Å². The molecule has 3 rings (SSSR count). The molecule has 0 spiro atoms. The van der Waals surface area contributed by atoms with E-state index in [0.717, 1.165) is 27.1 Å². The summed E-state index contributed by atoms with van der Waals surface area (Å²) in [4.78, 5) is 12.9. The predicted octanol–water partition coefficient (Wildman–Crippen LogP) is 4.21. The lowest BCUT2D eigenvalue weighted by Crippen LogP contribution is -2.22. The first kappa shape index (κ1) is 15.8. The topological polar surface area (TPSA) is 54.9 Å². The fourth-order valence-corrected chi connectivity index (χ4v) is 2.97. The van der Waals surface area contributed by atoms with Crippen LogP contribution in [0.1, 0.15) is 20.8 Å². The SMILES string of the molecule is Cc1ccc(CNC(=O)c2snnc2-c2ccc(Br)cc2)cc1. The Bertz CT molecular complexity index is 813. The van der Waals surface area contributed by atoms with E-state index in [1.165, 1.54) is 5.56 Å². The smallest absolute Gasteiger partial charge is 0.265 e. The zero-order valence-electron chi connectivity index (χ0n) is 12.4. The van der Waals surface area contributed by atoms with Crippen LogP contribution in [0.15, 0.2) is 53.0 Å². The molecular weight excluding hydrogens is 374 g/mol. The van der Waals surface area contributed by atoms with Gasteiger partial charge in [-0.1, -0.05) is 62.4 Å². The van der Waals surface area contributed by atoms with Gasteiger partial charge in [0.05, 0.1) is 0 Å². The molecular formula is C17H14BrN3OS. The van der Waals surface area contributed by atoms with Crippen LogP contribution < -0.4 is 5.32 Å².